The zero-order valence-corrected chi connectivity index (χ0v) is 12.0. The third kappa shape index (κ3) is 2.96. The molecule has 0 aliphatic rings. The molecule has 6 heteroatoms. The summed E-state index contributed by atoms with van der Waals surface area (Å²) >= 11 is 0. The maximum Gasteiger partial charge on any atom is 0.253 e. The van der Waals surface area contributed by atoms with Gasteiger partial charge in [0.05, 0.1) is 18.0 Å². The number of aliphatic hydroxyl groups excluding tert-OH is 1. The van der Waals surface area contributed by atoms with E-state index in [-0.39, 0.29) is 18.4 Å². The second kappa shape index (κ2) is 6.00. The van der Waals surface area contributed by atoms with Crippen molar-refractivity contribution in [1.29, 1.82) is 0 Å². The van der Waals surface area contributed by atoms with Crippen LogP contribution in [0, 0.1) is 5.92 Å². The van der Waals surface area contributed by atoms with E-state index < -0.39 is 6.10 Å². The first-order chi connectivity index (χ1) is 9.52. The number of rotatable bonds is 5. The van der Waals surface area contributed by atoms with E-state index in [0.717, 1.165) is 12.1 Å². The number of carbonyl (C=O) groups is 1. The van der Waals surface area contributed by atoms with Gasteiger partial charge in [0, 0.05) is 19.8 Å². The number of aliphatic hydroxyl groups is 1. The summed E-state index contributed by atoms with van der Waals surface area (Å²) in [6.07, 6.45) is 3.52. The topological polar surface area (TPSA) is 80.0 Å². The molecule has 0 saturated heterocycles. The minimum atomic E-state index is -0.532. The normalized spacial score (nSPS) is 14.2. The fraction of sp³-hybridized carbons (Fsp3) is 0.500. The first-order valence-electron chi connectivity index (χ1n) is 6.76. The SMILES string of the molecule is CCC(C)C(O)CNC(=O)c1cnc2c(c1)ncn2C. The van der Waals surface area contributed by atoms with Crippen molar-refractivity contribution < 1.29 is 9.90 Å². The lowest BCUT2D eigenvalue weighted by Gasteiger charge is -2.17. The smallest absolute Gasteiger partial charge is 0.253 e. The summed E-state index contributed by atoms with van der Waals surface area (Å²) < 4.78 is 1.80. The van der Waals surface area contributed by atoms with Crippen LogP contribution >= 0.6 is 0 Å². The number of nitrogens with one attached hydrogen (secondary N) is 1. The highest BCUT2D eigenvalue weighted by Gasteiger charge is 2.15. The Hall–Kier alpha value is -1.95. The predicted molar refractivity (Wildman–Crippen MR) is 76.3 cm³/mol. The van der Waals surface area contributed by atoms with Gasteiger partial charge < -0.3 is 15.0 Å². The lowest BCUT2D eigenvalue weighted by atomic mass is 10.0. The summed E-state index contributed by atoms with van der Waals surface area (Å²) in [5, 5.41) is 12.6. The molecule has 0 aromatic carbocycles. The van der Waals surface area contributed by atoms with Gasteiger partial charge >= 0.3 is 0 Å². The molecule has 2 atom stereocenters. The van der Waals surface area contributed by atoms with Crippen LogP contribution in [0.3, 0.4) is 0 Å². The van der Waals surface area contributed by atoms with Crippen LogP contribution in [-0.2, 0) is 7.05 Å². The molecule has 0 saturated carbocycles. The second-order valence-corrected chi connectivity index (χ2v) is 5.09. The molecule has 6 nitrogen and oxygen atoms in total. The van der Waals surface area contributed by atoms with Gasteiger partial charge in [0.15, 0.2) is 5.65 Å². The van der Waals surface area contributed by atoms with Crippen LogP contribution in [0.25, 0.3) is 11.2 Å². The van der Waals surface area contributed by atoms with Gasteiger partial charge in [0.2, 0.25) is 0 Å². The minimum absolute atomic E-state index is 0.159. The van der Waals surface area contributed by atoms with Gasteiger partial charge in [0.1, 0.15) is 5.52 Å². The van der Waals surface area contributed by atoms with E-state index in [9.17, 15) is 9.90 Å². The van der Waals surface area contributed by atoms with Gasteiger partial charge in [-0.05, 0) is 12.0 Å². The van der Waals surface area contributed by atoms with E-state index in [2.05, 4.69) is 15.3 Å². The Kier molecular flexibility index (Phi) is 4.34. The van der Waals surface area contributed by atoms with Crippen LogP contribution in [0.1, 0.15) is 30.6 Å². The quantitative estimate of drug-likeness (QED) is 0.857. The highest BCUT2D eigenvalue weighted by atomic mass is 16.3. The number of amides is 1. The molecular formula is C14H20N4O2. The molecule has 2 heterocycles. The van der Waals surface area contributed by atoms with Crippen molar-refractivity contribution in [3.63, 3.8) is 0 Å². The second-order valence-electron chi connectivity index (χ2n) is 5.09. The maximum absolute atomic E-state index is 12.0. The number of carbonyl (C=O) groups excluding carboxylic acids is 1. The summed E-state index contributed by atoms with van der Waals surface area (Å²) in [6.45, 7) is 4.21. The molecule has 0 aliphatic carbocycles. The number of aromatic nitrogens is 3. The van der Waals surface area contributed by atoms with Gasteiger partial charge in [-0.25, -0.2) is 9.97 Å². The molecule has 0 spiro atoms. The number of pyridine rings is 1. The summed E-state index contributed by atoms with van der Waals surface area (Å²) in [5.41, 5.74) is 1.87. The third-order valence-electron chi connectivity index (χ3n) is 3.59. The maximum atomic E-state index is 12.0. The number of nitrogens with zero attached hydrogens (tertiary/aromatic N) is 3. The fourth-order valence-electron chi connectivity index (χ4n) is 1.91. The van der Waals surface area contributed by atoms with E-state index >= 15 is 0 Å². The largest absolute Gasteiger partial charge is 0.391 e. The van der Waals surface area contributed by atoms with Crippen LogP contribution in [0.5, 0.6) is 0 Å². The Balaban J connectivity index is 2.04. The number of fused-ring (bicyclic) bond motifs is 1. The Labute approximate surface area is 117 Å². The predicted octanol–water partition coefficient (Wildman–Crippen LogP) is 1.11. The average molecular weight is 276 g/mol. The molecule has 2 N–H and O–H groups in total. The highest BCUT2D eigenvalue weighted by molar-refractivity contribution is 5.96. The molecular weight excluding hydrogens is 256 g/mol. The first-order valence-corrected chi connectivity index (χ1v) is 6.76. The van der Waals surface area contributed by atoms with Crippen LogP contribution < -0.4 is 5.32 Å². The van der Waals surface area contributed by atoms with Crippen molar-refractivity contribution in [2.24, 2.45) is 13.0 Å². The van der Waals surface area contributed by atoms with E-state index in [4.69, 9.17) is 0 Å². The highest BCUT2D eigenvalue weighted by Crippen LogP contribution is 2.11. The van der Waals surface area contributed by atoms with Crippen LogP contribution in [-0.4, -0.2) is 38.2 Å². The fourth-order valence-corrected chi connectivity index (χ4v) is 1.91. The molecule has 108 valence electrons. The Morgan fingerprint density at radius 2 is 2.25 bits per heavy atom. The molecule has 0 bridgehead atoms. The molecule has 1 amide bonds. The van der Waals surface area contributed by atoms with Crippen LogP contribution in [0.2, 0.25) is 0 Å². The Morgan fingerprint density at radius 1 is 1.50 bits per heavy atom. The number of hydrogen-bond donors (Lipinski definition) is 2. The number of aryl methyl sites for hydroxylation is 1. The summed E-state index contributed by atoms with van der Waals surface area (Å²) in [6, 6.07) is 1.70. The van der Waals surface area contributed by atoms with Gasteiger partial charge in [-0.15, -0.1) is 0 Å². The van der Waals surface area contributed by atoms with Gasteiger partial charge in [-0.3, -0.25) is 4.79 Å². The molecule has 20 heavy (non-hydrogen) atoms. The monoisotopic (exact) mass is 276 g/mol. The van der Waals surface area contributed by atoms with Gasteiger partial charge in [0.25, 0.3) is 5.91 Å². The van der Waals surface area contributed by atoms with Crippen molar-refractivity contribution >= 4 is 17.1 Å². The van der Waals surface area contributed by atoms with Crippen molar-refractivity contribution in [3.8, 4) is 0 Å². The van der Waals surface area contributed by atoms with Crippen molar-refractivity contribution in [3.05, 3.63) is 24.2 Å². The number of imidazole rings is 1. The lowest BCUT2D eigenvalue weighted by molar-refractivity contribution is 0.0850. The third-order valence-corrected chi connectivity index (χ3v) is 3.59. The molecule has 0 radical (unpaired) electrons. The molecule has 0 aliphatic heterocycles. The van der Waals surface area contributed by atoms with Crippen molar-refractivity contribution in [2.45, 2.75) is 26.4 Å². The van der Waals surface area contributed by atoms with Crippen LogP contribution in [0.4, 0.5) is 0 Å². The standard InChI is InChI=1S/C14H20N4O2/c1-4-9(2)12(19)7-16-14(20)10-5-11-13(15-6-10)18(3)8-17-11/h5-6,8-9,12,19H,4,7H2,1-3H3,(H,16,20). The first kappa shape index (κ1) is 14.5. The average Bonchev–Trinajstić information content (AvgIpc) is 2.84. The summed E-state index contributed by atoms with van der Waals surface area (Å²) in [5.74, 6) is -0.0842. The molecule has 2 unspecified atom stereocenters. The molecule has 0 fully saturated rings. The Bertz CT molecular complexity index is 608. The summed E-state index contributed by atoms with van der Waals surface area (Å²) in [4.78, 5) is 20.4. The van der Waals surface area contributed by atoms with E-state index in [1.165, 1.54) is 6.20 Å². The number of hydrogen-bond acceptors (Lipinski definition) is 4. The van der Waals surface area contributed by atoms with E-state index in [1.54, 1.807) is 17.0 Å². The van der Waals surface area contributed by atoms with Crippen LogP contribution in [0.15, 0.2) is 18.6 Å². The van der Waals surface area contributed by atoms with Gasteiger partial charge in [-0.1, -0.05) is 20.3 Å². The zero-order chi connectivity index (χ0) is 14.7. The van der Waals surface area contributed by atoms with Crippen molar-refractivity contribution in [1.82, 2.24) is 19.9 Å². The Morgan fingerprint density at radius 3 is 2.95 bits per heavy atom. The van der Waals surface area contributed by atoms with Crippen molar-refractivity contribution in [2.75, 3.05) is 6.54 Å². The molecule has 2 rings (SSSR count). The lowest BCUT2D eigenvalue weighted by Crippen LogP contribution is -2.35. The van der Waals surface area contributed by atoms with E-state index in [0.29, 0.717) is 11.1 Å². The minimum Gasteiger partial charge on any atom is -0.391 e. The molecule has 2 aromatic rings. The van der Waals surface area contributed by atoms with Gasteiger partial charge in [-0.2, -0.15) is 0 Å². The molecule has 2 aromatic heterocycles. The van der Waals surface area contributed by atoms with E-state index in [1.807, 2.05) is 20.9 Å². The zero-order valence-electron chi connectivity index (χ0n) is 12.0. The summed E-state index contributed by atoms with van der Waals surface area (Å²) in [7, 11) is 1.85.